The Bertz CT molecular complexity index is 1210. The number of benzene rings is 1. The van der Waals surface area contributed by atoms with Crippen molar-refractivity contribution in [3.05, 3.63) is 28.7 Å². The van der Waals surface area contributed by atoms with Crippen LogP contribution in [0.1, 0.15) is 104 Å². The number of esters is 1. The van der Waals surface area contributed by atoms with Crippen molar-refractivity contribution in [3.63, 3.8) is 0 Å². The number of aliphatic hydroxyl groups excluding tert-OH is 1. The molecule has 2 amide bonds. The normalized spacial score (nSPS) is 25.2. The largest absolute Gasteiger partial charge is 0.506 e. The van der Waals surface area contributed by atoms with Gasteiger partial charge >= 0.3 is 5.97 Å². The lowest BCUT2D eigenvalue weighted by Gasteiger charge is -2.40. The van der Waals surface area contributed by atoms with Crippen LogP contribution in [0.25, 0.3) is 0 Å². The third kappa shape index (κ3) is 7.44. The fourth-order valence-corrected chi connectivity index (χ4v) is 7.55. The fourth-order valence-electron chi connectivity index (χ4n) is 7.55. The van der Waals surface area contributed by atoms with E-state index in [0.717, 1.165) is 51.4 Å². The Morgan fingerprint density at radius 1 is 1.07 bits per heavy atom. The molecule has 3 N–H and O–H groups in total. The maximum atomic E-state index is 14.1. The maximum Gasteiger partial charge on any atom is 0.329 e. The van der Waals surface area contributed by atoms with E-state index < -0.39 is 24.1 Å². The van der Waals surface area contributed by atoms with Crippen LogP contribution in [0.2, 0.25) is 0 Å². The molecule has 1 heterocycles. The molecule has 0 aromatic heterocycles. The molecular weight excluding hydrogens is 562 g/mol. The number of ether oxygens (including phenoxy) is 1. The Balaban J connectivity index is 1.42. The number of aromatic hydroxyl groups is 1. The summed E-state index contributed by atoms with van der Waals surface area (Å²) in [6.07, 6.45) is 6.84. The number of phenols is 1. The summed E-state index contributed by atoms with van der Waals surface area (Å²) in [4.78, 5) is 53.3. The lowest BCUT2D eigenvalue weighted by Crippen LogP contribution is -2.56. The minimum absolute atomic E-state index is 0.101. The summed E-state index contributed by atoms with van der Waals surface area (Å²) in [5.74, 6) is -1.33. The van der Waals surface area contributed by atoms with E-state index in [9.17, 15) is 29.5 Å². The topological polar surface area (TPSA) is 146 Å². The molecule has 10 nitrogen and oxygen atoms in total. The van der Waals surface area contributed by atoms with Crippen LogP contribution in [-0.2, 0) is 25.5 Å². The average Bonchev–Trinajstić information content (AvgIpc) is 3.55. The maximum absolute atomic E-state index is 14.1. The molecule has 1 aromatic carbocycles. The number of amides is 2. The molecule has 2 saturated carbocycles. The van der Waals surface area contributed by atoms with Crippen LogP contribution in [0.5, 0.6) is 5.75 Å². The van der Waals surface area contributed by atoms with Gasteiger partial charge in [-0.25, -0.2) is 4.79 Å². The van der Waals surface area contributed by atoms with E-state index in [1.54, 1.807) is 4.90 Å². The first-order chi connectivity index (χ1) is 20.7. The summed E-state index contributed by atoms with van der Waals surface area (Å²) in [5, 5.41) is 26.0. The van der Waals surface area contributed by atoms with E-state index in [1.807, 2.05) is 6.92 Å². The molecule has 44 heavy (non-hydrogen) atoms. The van der Waals surface area contributed by atoms with Gasteiger partial charge in [0.05, 0.1) is 6.10 Å². The number of hydrogen-bond donors (Lipinski definition) is 3. The number of rotatable bonds is 11. The minimum atomic E-state index is -1.48. The SMILES string of the molecule is CC(CC1CCC(C)(C)C1(C)C)OC(=O)C1CCCN1C(=O)C(NC(=O)C(O)Cc1ccc(O)c(N=O)c1)C1CCCCC1. The summed E-state index contributed by atoms with van der Waals surface area (Å²) < 4.78 is 5.97. The molecule has 2 aliphatic carbocycles. The highest BCUT2D eigenvalue weighted by molar-refractivity contribution is 5.92. The van der Waals surface area contributed by atoms with E-state index in [1.165, 1.54) is 18.2 Å². The van der Waals surface area contributed by atoms with Crippen LogP contribution in [0, 0.1) is 27.6 Å². The van der Waals surface area contributed by atoms with Gasteiger partial charge in [0.25, 0.3) is 0 Å². The first-order valence-corrected chi connectivity index (χ1v) is 16.4. The molecule has 1 aromatic rings. The molecule has 5 unspecified atom stereocenters. The van der Waals surface area contributed by atoms with Crippen molar-refractivity contribution in [1.82, 2.24) is 10.2 Å². The summed E-state index contributed by atoms with van der Waals surface area (Å²) in [6.45, 7) is 11.6. The van der Waals surface area contributed by atoms with Crippen LogP contribution in [0.4, 0.5) is 5.69 Å². The Morgan fingerprint density at radius 3 is 2.41 bits per heavy atom. The van der Waals surface area contributed by atoms with Crippen molar-refractivity contribution in [1.29, 1.82) is 0 Å². The highest BCUT2D eigenvalue weighted by Crippen LogP contribution is 2.57. The second-order valence-electron chi connectivity index (χ2n) is 14.5. The third-order valence-corrected chi connectivity index (χ3v) is 11.2. The molecule has 3 fully saturated rings. The van der Waals surface area contributed by atoms with Gasteiger partial charge in [-0.05, 0) is 97.4 Å². The van der Waals surface area contributed by atoms with Gasteiger partial charge in [-0.2, -0.15) is 0 Å². The van der Waals surface area contributed by atoms with Gasteiger partial charge in [-0.1, -0.05) is 53.0 Å². The van der Waals surface area contributed by atoms with E-state index >= 15 is 0 Å². The lowest BCUT2D eigenvalue weighted by atomic mass is 9.66. The number of likely N-dealkylation sites (tertiary alicyclic amines) is 1. The number of nitroso groups, excluding NO2 is 1. The number of phenolic OH excluding ortho intramolecular Hbond substituents is 1. The van der Waals surface area contributed by atoms with E-state index in [2.05, 4.69) is 38.2 Å². The number of carbonyl (C=O) groups excluding carboxylic acids is 3. The second-order valence-corrected chi connectivity index (χ2v) is 14.5. The number of carbonyl (C=O) groups is 3. The molecule has 3 aliphatic rings. The van der Waals surface area contributed by atoms with E-state index in [-0.39, 0.29) is 52.6 Å². The van der Waals surface area contributed by atoms with Crippen LogP contribution in [0.15, 0.2) is 23.4 Å². The molecule has 0 radical (unpaired) electrons. The predicted molar refractivity (Wildman–Crippen MR) is 167 cm³/mol. The smallest absolute Gasteiger partial charge is 0.329 e. The fraction of sp³-hybridized carbons (Fsp3) is 0.735. The highest BCUT2D eigenvalue weighted by Gasteiger charge is 2.49. The Kier molecular flexibility index (Phi) is 10.7. The Labute approximate surface area is 261 Å². The zero-order valence-corrected chi connectivity index (χ0v) is 27.0. The molecule has 1 saturated heterocycles. The van der Waals surface area contributed by atoms with Crippen LogP contribution in [-0.4, -0.2) is 63.7 Å². The molecule has 244 valence electrons. The zero-order valence-electron chi connectivity index (χ0n) is 27.0. The third-order valence-electron chi connectivity index (χ3n) is 11.2. The Hall–Kier alpha value is -3.01. The van der Waals surface area contributed by atoms with Crippen molar-refractivity contribution in [2.24, 2.45) is 27.8 Å². The molecule has 0 spiro atoms. The number of hydrogen-bond acceptors (Lipinski definition) is 8. The first-order valence-electron chi connectivity index (χ1n) is 16.4. The summed E-state index contributed by atoms with van der Waals surface area (Å²) >= 11 is 0. The zero-order chi connectivity index (χ0) is 32.2. The van der Waals surface area contributed by atoms with Crippen molar-refractivity contribution in [2.75, 3.05) is 6.54 Å². The van der Waals surface area contributed by atoms with Crippen molar-refractivity contribution in [3.8, 4) is 5.75 Å². The molecule has 1 aliphatic heterocycles. The molecule has 4 rings (SSSR count). The van der Waals surface area contributed by atoms with E-state index in [4.69, 9.17) is 4.74 Å². The monoisotopic (exact) mass is 613 g/mol. The van der Waals surface area contributed by atoms with Gasteiger partial charge in [0, 0.05) is 13.0 Å². The van der Waals surface area contributed by atoms with Crippen molar-refractivity contribution < 1.29 is 29.3 Å². The van der Waals surface area contributed by atoms with Gasteiger partial charge < -0.3 is 25.2 Å². The van der Waals surface area contributed by atoms with Gasteiger partial charge in [0.1, 0.15) is 29.6 Å². The Morgan fingerprint density at radius 2 is 1.77 bits per heavy atom. The van der Waals surface area contributed by atoms with Crippen LogP contribution >= 0.6 is 0 Å². The number of aliphatic hydroxyl groups is 1. The quantitative estimate of drug-likeness (QED) is 0.220. The molecule has 0 bridgehead atoms. The van der Waals surface area contributed by atoms with Gasteiger partial charge in [-0.3, -0.25) is 9.59 Å². The lowest BCUT2D eigenvalue weighted by molar-refractivity contribution is -0.159. The summed E-state index contributed by atoms with van der Waals surface area (Å²) in [6, 6.07) is 2.54. The van der Waals surface area contributed by atoms with Crippen molar-refractivity contribution in [2.45, 2.75) is 130 Å². The first kappa shape index (κ1) is 33.9. The predicted octanol–water partition coefficient (Wildman–Crippen LogP) is 5.53. The van der Waals surface area contributed by atoms with Crippen molar-refractivity contribution >= 4 is 23.5 Å². The van der Waals surface area contributed by atoms with Crippen LogP contribution < -0.4 is 5.32 Å². The highest BCUT2D eigenvalue weighted by atomic mass is 16.5. The average molecular weight is 614 g/mol. The van der Waals surface area contributed by atoms with Gasteiger partial charge in [0.15, 0.2) is 0 Å². The van der Waals surface area contributed by atoms with E-state index in [0.29, 0.717) is 30.9 Å². The van der Waals surface area contributed by atoms with Crippen LogP contribution in [0.3, 0.4) is 0 Å². The standard InChI is InChI=1S/C34H51N3O7/c1-21(18-24-15-16-33(2,3)34(24,4)5)44-32(42)26-12-9-17-37(26)31(41)29(23-10-7-6-8-11-23)35-30(40)28(39)20-22-13-14-27(38)25(19-22)36-43/h13-14,19,21,23-24,26,28-29,38-39H,6-12,15-18,20H2,1-5H3,(H,35,40). The number of nitrogens with one attached hydrogen (secondary N) is 1. The second kappa shape index (κ2) is 14.0. The number of nitrogens with zero attached hydrogens (tertiary/aromatic N) is 2. The molecule has 10 heteroatoms. The van der Waals surface area contributed by atoms with Gasteiger partial charge in [0.2, 0.25) is 11.8 Å². The minimum Gasteiger partial charge on any atom is -0.506 e. The summed E-state index contributed by atoms with van der Waals surface area (Å²) in [5.41, 5.74) is 0.626. The molecule has 5 atom stereocenters. The molecular formula is C34H51N3O7. The summed E-state index contributed by atoms with van der Waals surface area (Å²) in [7, 11) is 0. The van der Waals surface area contributed by atoms with Gasteiger partial charge in [-0.15, -0.1) is 4.91 Å².